The Balaban J connectivity index is 1.23. The van der Waals surface area contributed by atoms with Crippen LogP contribution in [0.15, 0.2) is 144 Å². The van der Waals surface area contributed by atoms with E-state index in [0.717, 1.165) is 66.5 Å². The van der Waals surface area contributed by atoms with E-state index in [1.165, 1.54) is 33.2 Å². The van der Waals surface area contributed by atoms with Gasteiger partial charge in [-0.25, -0.2) is 4.98 Å². The molecule has 0 radical (unpaired) electrons. The molecule has 0 atom stereocenters. The Morgan fingerprint density at radius 3 is 2.31 bits per heavy atom. The quantitative estimate of drug-likeness (QED) is 0.194. The summed E-state index contributed by atoms with van der Waals surface area (Å²) in [5, 5.41) is 3.45. The number of hydrogen-bond donors (Lipinski definition) is 0. The van der Waals surface area contributed by atoms with Crippen molar-refractivity contribution in [1.82, 2.24) is 14.0 Å². The highest BCUT2D eigenvalue weighted by Crippen LogP contribution is 2.51. The second kappa shape index (κ2) is 9.02. The molecule has 4 aromatic heterocycles. The zero-order valence-corrected chi connectivity index (χ0v) is 26.5. The van der Waals surface area contributed by atoms with E-state index in [0.29, 0.717) is 0 Å². The third-order valence-corrected chi connectivity index (χ3v) is 10.7. The van der Waals surface area contributed by atoms with Gasteiger partial charge in [0.05, 0.1) is 33.3 Å². The number of fused-ring (bicyclic) bond motifs is 13. The minimum atomic E-state index is -0.103. The van der Waals surface area contributed by atoms with E-state index < -0.39 is 0 Å². The van der Waals surface area contributed by atoms with Crippen molar-refractivity contribution in [3.63, 3.8) is 0 Å². The minimum absolute atomic E-state index is 0.103. The lowest BCUT2D eigenvalue weighted by atomic mass is 9.82. The first kappa shape index (κ1) is 26.0. The number of aromatic nitrogens is 3. The Labute approximate surface area is 276 Å². The molecule has 0 aliphatic heterocycles. The molecule has 1 aliphatic rings. The van der Waals surface area contributed by atoms with Crippen molar-refractivity contribution in [1.29, 1.82) is 0 Å². The van der Waals surface area contributed by atoms with Crippen LogP contribution in [0.2, 0.25) is 0 Å². The van der Waals surface area contributed by atoms with Crippen LogP contribution < -0.4 is 0 Å². The summed E-state index contributed by atoms with van der Waals surface area (Å²) in [7, 11) is 0. The van der Waals surface area contributed by atoms with Gasteiger partial charge >= 0.3 is 0 Å². The van der Waals surface area contributed by atoms with Gasteiger partial charge in [0, 0.05) is 32.8 Å². The highest BCUT2D eigenvalue weighted by Gasteiger charge is 2.36. The van der Waals surface area contributed by atoms with E-state index >= 15 is 0 Å². The van der Waals surface area contributed by atoms with Crippen LogP contribution in [-0.2, 0) is 5.41 Å². The average Bonchev–Trinajstić information content (AvgIpc) is 3.84. The first-order chi connectivity index (χ1) is 23.6. The fourth-order valence-corrected chi connectivity index (χ4v) is 8.45. The molecule has 11 rings (SSSR count). The monoisotopic (exact) mass is 615 g/mol. The van der Waals surface area contributed by atoms with Gasteiger partial charge in [0.15, 0.2) is 5.58 Å². The molecule has 0 amide bonds. The van der Waals surface area contributed by atoms with Gasteiger partial charge in [0.25, 0.3) is 0 Å². The molecule has 0 unspecified atom stereocenters. The third-order valence-electron chi connectivity index (χ3n) is 10.7. The number of para-hydroxylation sites is 4. The molecular weight excluding hydrogens is 587 g/mol. The zero-order valence-electron chi connectivity index (χ0n) is 26.5. The molecule has 4 nitrogen and oxygen atoms in total. The molecule has 0 bridgehead atoms. The van der Waals surface area contributed by atoms with Crippen LogP contribution in [0.25, 0.3) is 88.5 Å². The van der Waals surface area contributed by atoms with Crippen LogP contribution in [0.4, 0.5) is 0 Å². The summed E-state index contributed by atoms with van der Waals surface area (Å²) in [6.45, 7) is 4.67. The smallest absolute Gasteiger partial charge is 0.161 e. The molecular formula is C44H29N3O. The molecule has 0 N–H and O–H groups in total. The number of benzene rings is 6. The summed E-state index contributed by atoms with van der Waals surface area (Å²) in [4.78, 5) is 5.30. The molecule has 226 valence electrons. The van der Waals surface area contributed by atoms with Gasteiger partial charge in [-0.05, 0) is 82.9 Å². The maximum atomic E-state index is 6.69. The summed E-state index contributed by atoms with van der Waals surface area (Å²) >= 11 is 0. The summed E-state index contributed by atoms with van der Waals surface area (Å²) in [5.41, 5.74) is 16.7. The standard InChI is InChI=1S/C44H29N3O/c1-44(2)33-17-6-4-15-29(33)31-25-38-32(24-34(31)44)43-42(30-16-5-10-21-40(30)48-43)46(38)28-14-11-13-27(22-28)41-39-23-26-12-3-8-19-36(26)47(39)37-20-9-7-18-35(37)45-41/h3-25H,1-2H3. The summed E-state index contributed by atoms with van der Waals surface area (Å²) < 4.78 is 11.5. The predicted molar refractivity (Wildman–Crippen MR) is 197 cm³/mol. The number of nitrogens with zero attached hydrogens (tertiary/aromatic N) is 3. The number of hydrogen-bond acceptors (Lipinski definition) is 2. The van der Waals surface area contributed by atoms with Crippen LogP contribution in [0.1, 0.15) is 25.0 Å². The second-order valence-corrected chi connectivity index (χ2v) is 13.6. The maximum absolute atomic E-state index is 6.69. The van der Waals surface area contributed by atoms with Gasteiger partial charge in [-0.15, -0.1) is 0 Å². The predicted octanol–water partition coefficient (Wildman–Crippen LogP) is 11.5. The van der Waals surface area contributed by atoms with Crippen molar-refractivity contribution in [3.8, 4) is 28.1 Å². The first-order valence-corrected chi connectivity index (χ1v) is 16.6. The molecule has 1 aliphatic carbocycles. The van der Waals surface area contributed by atoms with Crippen LogP contribution in [-0.4, -0.2) is 14.0 Å². The molecule has 48 heavy (non-hydrogen) atoms. The number of rotatable bonds is 2. The molecule has 0 fully saturated rings. The minimum Gasteiger partial charge on any atom is -0.454 e. The topological polar surface area (TPSA) is 35.4 Å². The molecule has 10 aromatic rings. The SMILES string of the molecule is CC1(C)c2ccccc2-c2cc3c(cc21)c1oc2ccccc2c1n3-c1cccc(-c2nc3ccccc3n3c2cc2ccccc23)c1. The normalized spacial score (nSPS) is 13.8. The van der Waals surface area contributed by atoms with Crippen molar-refractivity contribution < 1.29 is 4.42 Å². The lowest BCUT2D eigenvalue weighted by molar-refractivity contribution is 0.660. The molecule has 0 spiro atoms. The van der Waals surface area contributed by atoms with Gasteiger partial charge < -0.3 is 13.4 Å². The Morgan fingerprint density at radius 1 is 0.583 bits per heavy atom. The highest BCUT2D eigenvalue weighted by atomic mass is 16.3. The zero-order chi connectivity index (χ0) is 31.7. The van der Waals surface area contributed by atoms with E-state index in [1.54, 1.807) is 0 Å². The van der Waals surface area contributed by atoms with Crippen molar-refractivity contribution in [2.75, 3.05) is 0 Å². The Hall–Kier alpha value is -6.13. The third kappa shape index (κ3) is 3.26. The molecule has 0 saturated carbocycles. The first-order valence-electron chi connectivity index (χ1n) is 16.6. The molecule has 4 heterocycles. The Morgan fingerprint density at radius 2 is 1.38 bits per heavy atom. The van der Waals surface area contributed by atoms with E-state index in [1.807, 2.05) is 6.07 Å². The Bertz CT molecular complexity index is 2990. The summed E-state index contributed by atoms with van der Waals surface area (Å²) in [6.07, 6.45) is 0. The van der Waals surface area contributed by atoms with Gasteiger partial charge in [0.1, 0.15) is 11.1 Å². The molecule has 4 heteroatoms. The van der Waals surface area contributed by atoms with Crippen LogP contribution >= 0.6 is 0 Å². The van der Waals surface area contributed by atoms with E-state index in [-0.39, 0.29) is 5.41 Å². The van der Waals surface area contributed by atoms with Gasteiger partial charge in [0.2, 0.25) is 0 Å². The lowest BCUT2D eigenvalue weighted by Crippen LogP contribution is -2.14. The summed E-state index contributed by atoms with van der Waals surface area (Å²) in [6, 6.07) is 50.1. The van der Waals surface area contributed by atoms with E-state index in [2.05, 4.69) is 156 Å². The van der Waals surface area contributed by atoms with Crippen molar-refractivity contribution >= 4 is 60.4 Å². The van der Waals surface area contributed by atoms with Gasteiger partial charge in [-0.2, -0.15) is 0 Å². The fourth-order valence-electron chi connectivity index (χ4n) is 8.45. The largest absolute Gasteiger partial charge is 0.454 e. The van der Waals surface area contributed by atoms with Crippen molar-refractivity contribution in [3.05, 3.63) is 151 Å². The van der Waals surface area contributed by atoms with Crippen LogP contribution in [0.5, 0.6) is 0 Å². The molecule has 6 aromatic carbocycles. The maximum Gasteiger partial charge on any atom is 0.161 e. The van der Waals surface area contributed by atoms with Gasteiger partial charge in [-0.1, -0.05) is 92.7 Å². The Kier molecular flexibility index (Phi) is 4.88. The fraction of sp³-hybridized carbons (Fsp3) is 0.0682. The van der Waals surface area contributed by atoms with Crippen molar-refractivity contribution in [2.45, 2.75) is 19.3 Å². The van der Waals surface area contributed by atoms with Crippen LogP contribution in [0, 0.1) is 0 Å². The van der Waals surface area contributed by atoms with Crippen LogP contribution in [0.3, 0.4) is 0 Å². The number of furan rings is 1. The molecule has 0 saturated heterocycles. The van der Waals surface area contributed by atoms with E-state index in [4.69, 9.17) is 9.40 Å². The second-order valence-electron chi connectivity index (χ2n) is 13.6. The van der Waals surface area contributed by atoms with E-state index in [9.17, 15) is 0 Å². The highest BCUT2D eigenvalue weighted by molar-refractivity contribution is 6.17. The summed E-state index contributed by atoms with van der Waals surface area (Å²) in [5.74, 6) is 0. The lowest BCUT2D eigenvalue weighted by Gasteiger charge is -2.21. The van der Waals surface area contributed by atoms with Crippen molar-refractivity contribution in [2.24, 2.45) is 0 Å². The average molecular weight is 616 g/mol. The van der Waals surface area contributed by atoms with Gasteiger partial charge in [-0.3, -0.25) is 0 Å².